The zero-order valence-electron chi connectivity index (χ0n) is 13.9. The summed E-state index contributed by atoms with van der Waals surface area (Å²) in [6.07, 6.45) is 2.72. The second-order valence-corrected chi connectivity index (χ2v) is 6.37. The van der Waals surface area contributed by atoms with Crippen LogP contribution >= 0.6 is 0 Å². The molecule has 1 saturated heterocycles. The molecule has 1 aliphatic heterocycles. The predicted octanol–water partition coefficient (Wildman–Crippen LogP) is 2.25. The first-order valence-corrected chi connectivity index (χ1v) is 8.51. The van der Waals surface area contributed by atoms with E-state index in [1.54, 1.807) is 24.6 Å². The Morgan fingerprint density at radius 1 is 1.16 bits per heavy atom. The number of nitrogens with zero attached hydrogens (tertiary/aromatic N) is 2. The number of carbonyl (C=O) groups is 1. The number of nitrogens with one attached hydrogen (secondary N) is 1. The lowest BCUT2D eigenvalue weighted by Crippen LogP contribution is -2.49. The van der Waals surface area contributed by atoms with Gasteiger partial charge in [0.1, 0.15) is 11.9 Å². The number of hydrogen-bond donors (Lipinski definition) is 2. The topological polar surface area (TPSA) is 72.7 Å². The van der Waals surface area contributed by atoms with E-state index in [0.717, 1.165) is 29.6 Å². The molecule has 1 atom stereocenters. The van der Waals surface area contributed by atoms with E-state index in [0.29, 0.717) is 25.4 Å². The van der Waals surface area contributed by atoms with Gasteiger partial charge in [-0.3, -0.25) is 9.69 Å². The standard InChI is InChI=1S/C19H21N3O3/c23-17(18-6-3-11-25-18)13-21-7-9-22(10-8-21)19(24)15-12-20-16-5-2-1-4-14(15)16/h1-6,11-12,17,20,23H,7-10,13H2/t17-/m0/s1. The van der Waals surface area contributed by atoms with E-state index in [1.165, 1.54) is 0 Å². The minimum Gasteiger partial charge on any atom is -0.467 e. The molecule has 2 N–H and O–H groups in total. The molecule has 3 heterocycles. The SMILES string of the molecule is O=C(c1c[nH]c2ccccc12)N1CCN(C[C@H](O)c2ccco2)CC1. The molecule has 2 aromatic heterocycles. The Morgan fingerprint density at radius 2 is 1.96 bits per heavy atom. The summed E-state index contributed by atoms with van der Waals surface area (Å²) in [4.78, 5) is 20.0. The van der Waals surface area contributed by atoms with Crippen molar-refractivity contribution in [2.24, 2.45) is 0 Å². The van der Waals surface area contributed by atoms with E-state index in [4.69, 9.17) is 4.42 Å². The highest BCUT2D eigenvalue weighted by molar-refractivity contribution is 6.06. The lowest BCUT2D eigenvalue weighted by molar-refractivity contribution is 0.0487. The average molecular weight is 339 g/mol. The molecule has 1 amide bonds. The number of H-pyrrole nitrogens is 1. The van der Waals surface area contributed by atoms with Gasteiger partial charge in [0, 0.05) is 49.8 Å². The van der Waals surface area contributed by atoms with Gasteiger partial charge in [-0.25, -0.2) is 0 Å². The molecule has 25 heavy (non-hydrogen) atoms. The third kappa shape index (κ3) is 3.18. The molecule has 3 aromatic rings. The fourth-order valence-corrected chi connectivity index (χ4v) is 3.37. The Balaban J connectivity index is 1.37. The molecule has 0 radical (unpaired) electrons. The molecule has 1 fully saturated rings. The summed E-state index contributed by atoms with van der Waals surface area (Å²) in [6.45, 7) is 3.31. The summed E-state index contributed by atoms with van der Waals surface area (Å²) in [5.41, 5.74) is 1.70. The third-order valence-electron chi connectivity index (χ3n) is 4.78. The number of aromatic amines is 1. The fourth-order valence-electron chi connectivity index (χ4n) is 3.37. The number of furan rings is 1. The van der Waals surface area contributed by atoms with Gasteiger partial charge in [0.15, 0.2) is 0 Å². The summed E-state index contributed by atoms with van der Waals surface area (Å²) < 4.78 is 5.24. The fraction of sp³-hybridized carbons (Fsp3) is 0.316. The first-order valence-electron chi connectivity index (χ1n) is 8.51. The number of benzene rings is 1. The largest absolute Gasteiger partial charge is 0.467 e. The van der Waals surface area contributed by atoms with Crippen LogP contribution in [0.1, 0.15) is 22.2 Å². The van der Waals surface area contributed by atoms with Crippen LogP contribution in [0, 0.1) is 0 Å². The highest BCUT2D eigenvalue weighted by Crippen LogP contribution is 2.21. The second-order valence-electron chi connectivity index (χ2n) is 6.37. The quantitative estimate of drug-likeness (QED) is 0.765. The van der Waals surface area contributed by atoms with Crippen LogP contribution in [-0.4, -0.2) is 58.5 Å². The number of piperazine rings is 1. The van der Waals surface area contributed by atoms with Crippen LogP contribution < -0.4 is 0 Å². The lowest BCUT2D eigenvalue weighted by Gasteiger charge is -2.35. The Hall–Kier alpha value is -2.57. The Kier molecular flexibility index (Phi) is 4.29. The van der Waals surface area contributed by atoms with Crippen LogP contribution in [0.2, 0.25) is 0 Å². The number of amides is 1. The molecule has 0 unspecified atom stereocenters. The van der Waals surface area contributed by atoms with Crippen LogP contribution in [-0.2, 0) is 0 Å². The molecule has 130 valence electrons. The van der Waals surface area contributed by atoms with Gasteiger partial charge in [0.25, 0.3) is 5.91 Å². The van der Waals surface area contributed by atoms with Crippen molar-refractivity contribution in [3.63, 3.8) is 0 Å². The Morgan fingerprint density at radius 3 is 2.72 bits per heavy atom. The van der Waals surface area contributed by atoms with Crippen LogP contribution in [0.15, 0.2) is 53.3 Å². The van der Waals surface area contributed by atoms with Gasteiger partial charge in [0.2, 0.25) is 0 Å². The van der Waals surface area contributed by atoms with Crippen molar-refractivity contribution in [3.05, 3.63) is 60.2 Å². The minimum absolute atomic E-state index is 0.0590. The van der Waals surface area contributed by atoms with Gasteiger partial charge >= 0.3 is 0 Å². The normalized spacial score (nSPS) is 17.1. The van der Waals surface area contributed by atoms with Crippen molar-refractivity contribution in [1.82, 2.24) is 14.8 Å². The molecule has 0 spiro atoms. The molecular formula is C19H21N3O3. The number of β-amino-alcohol motifs (C(OH)–C–C–N with tert-alkyl or cyclic N) is 1. The van der Waals surface area contributed by atoms with Gasteiger partial charge < -0.3 is 19.4 Å². The lowest BCUT2D eigenvalue weighted by atomic mass is 10.1. The molecule has 4 rings (SSSR count). The number of aromatic nitrogens is 1. The smallest absolute Gasteiger partial charge is 0.256 e. The van der Waals surface area contributed by atoms with E-state index < -0.39 is 6.10 Å². The summed E-state index contributed by atoms with van der Waals surface area (Å²) in [5.74, 6) is 0.640. The molecule has 6 heteroatoms. The van der Waals surface area contributed by atoms with Gasteiger partial charge in [-0.05, 0) is 18.2 Å². The minimum atomic E-state index is -0.633. The van der Waals surface area contributed by atoms with E-state index in [1.807, 2.05) is 29.2 Å². The molecule has 1 aromatic carbocycles. The van der Waals surface area contributed by atoms with Crippen LogP contribution in [0.5, 0.6) is 0 Å². The van der Waals surface area contributed by atoms with Gasteiger partial charge in [-0.1, -0.05) is 18.2 Å². The average Bonchev–Trinajstić information content (AvgIpc) is 3.32. The third-order valence-corrected chi connectivity index (χ3v) is 4.78. The Labute approximate surface area is 145 Å². The van der Waals surface area contributed by atoms with Crippen molar-refractivity contribution < 1.29 is 14.3 Å². The number of rotatable bonds is 4. The first kappa shape index (κ1) is 15.9. The predicted molar refractivity (Wildman–Crippen MR) is 94.3 cm³/mol. The second kappa shape index (κ2) is 6.74. The van der Waals surface area contributed by atoms with Gasteiger partial charge in [0.05, 0.1) is 11.8 Å². The summed E-state index contributed by atoms with van der Waals surface area (Å²) in [7, 11) is 0. The first-order chi connectivity index (χ1) is 12.2. The van der Waals surface area contributed by atoms with Crippen molar-refractivity contribution in [1.29, 1.82) is 0 Å². The summed E-state index contributed by atoms with van der Waals surface area (Å²) in [6, 6.07) is 11.4. The van der Waals surface area contributed by atoms with Gasteiger partial charge in [-0.15, -0.1) is 0 Å². The maximum atomic E-state index is 12.8. The summed E-state index contributed by atoms with van der Waals surface area (Å²) >= 11 is 0. The maximum Gasteiger partial charge on any atom is 0.256 e. The van der Waals surface area contributed by atoms with Crippen LogP contribution in [0.25, 0.3) is 10.9 Å². The number of fused-ring (bicyclic) bond motifs is 1. The molecule has 6 nitrogen and oxygen atoms in total. The van der Waals surface area contributed by atoms with Gasteiger partial charge in [-0.2, -0.15) is 0 Å². The number of aliphatic hydroxyl groups excluding tert-OH is 1. The van der Waals surface area contributed by atoms with E-state index in [9.17, 15) is 9.90 Å². The van der Waals surface area contributed by atoms with Crippen LogP contribution in [0.3, 0.4) is 0 Å². The summed E-state index contributed by atoms with van der Waals surface area (Å²) in [5, 5.41) is 11.1. The van der Waals surface area contributed by atoms with Crippen molar-refractivity contribution in [3.8, 4) is 0 Å². The Bertz CT molecular complexity index is 848. The highest BCUT2D eigenvalue weighted by atomic mass is 16.4. The molecule has 1 aliphatic rings. The monoisotopic (exact) mass is 339 g/mol. The van der Waals surface area contributed by atoms with E-state index in [2.05, 4.69) is 9.88 Å². The van der Waals surface area contributed by atoms with Crippen LogP contribution in [0.4, 0.5) is 0 Å². The van der Waals surface area contributed by atoms with E-state index in [-0.39, 0.29) is 5.91 Å². The number of hydrogen-bond acceptors (Lipinski definition) is 4. The van der Waals surface area contributed by atoms with E-state index >= 15 is 0 Å². The molecule has 0 saturated carbocycles. The van der Waals surface area contributed by atoms with Crippen molar-refractivity contribution in [2.45, 2.75) is 6.10 Å². The van der Waals surface area contributed by atoms with Crippen molar-refractivity contribution >= 4 is 16.8 Å². The maximum absolute atomic E-state index is 12.8. The zero-order valence-corrected chi connectivity index (χ0v) is 13.9. The highest BCUT2D eigenvalue weighted by Gasteiger charge is 2.25. The number of carbonyl (C=O) groups excluding carboxylic acids is 1. The number of aliphatic hydroxyl groups is 1. The molecule has 0 aliphatic carbocycles. The zero-order chi connectivity index (χ0) is 17.2. The number of para-hydroxylation sites is 1. The molecule has 0 bridgehead atoms. The van der Waals surface area contributed by atoms with Crippen molar-refractivity contribution in [2.75, 3.05) is 32.7 Å². The molecular weight excluding hydrogens is 318 g/mol.